The molecule has 29 heavy (non-hydrogen) atoms. The van der Waals surface area contributed by atoms with Crippen molar-refractivity contribution in [1.29, 1.82) is 0 Å². The highest BCUT2D eigenvalue weighted by atomic mass is 32.2. The average molecular weight is 416 g/mol. The summed E-state index contributed by atoms with van der Waals surface area (Å²) in [5.41, 5.74) is 2.43. The van der Waals surface area contributed by atoms with Crippen molar-refractivity contribution in [3.05, 3.63) is 59.7 Å². The standard InChI is InChI=1S/C22H29N3O3S/c1-24(2)20-12-10-18(11-13-20)17-23-22(26)19-8-7-9-21(16-19)29(27,28)25-14-5-3-4-6-15-25/h7-13,16H,3-6,14-15,17H2,1-2H3,(H,23,26). The zero-order valence-electron chi connectivity index (χ0n) is 17.1. The molecule has 1 N–H and O–H groups in total. The number of hydrogen-bond acceptors (Lipinski definition) is 4. The molecule has 1 aliphatic heterocycles. The second kappa shape index (κ2) is 9.41. The zero-order chi connectivity index (χ0) is 20.9. The van der Waals surface area contributed by atoms with Gasteiger partial charge in [-0.1, -0.05) is 31.0 Å². The summed E-state index contributed by atoms with van der Waals surface area (Å²) in [5, 5.41) is 2.87. The lowest BCUT2D eigenvalue weighted by Crippen LogP contribution is -2.32. The molecule has 6 nitrogen and oxygen atoms in total. The normalized spacial score (nSPS) is 15.5. The molecule has 156 valence electrons. The molecule has 0 aromatic heterocycles. The van der Waals surface area contributed by atoms with Gasteiger partial charge in [0.1, 0.15) is 0 Å². The molecule has 1 amide bonds. The quantitative estimate of drug-likeness (QED) is 0.786. The van der Waals surface area contributed by atoms with Gasteiger partial charge >= 0.3 is 0 Å². The van der Waals surface area contributed by atoms with E-state index < -0.39 is 10.0 Å². The van der Waals surface area contributed by atoms with Crippen molar-refractivity contribution in [3.8, 4) is 0 Å². The Labute approximate surface area is 173 Å². The first-order chi connectivity index (χ1) is 13.9. The minimum absolute atomic E-state index is 0.183. The van der Waals surface area contributed by atoms with Crippen LogP contribution < -0.4 is 10.2 Å². The molecule has 0 aliphatic carbocycles. The number of hydrogen-bond donors (Lipinski definition) is 1. The lowest BCUT2D eigenvalue weighted by atomic mass is 10.1. The van der Waals surface area contributed by atoms with Crippen LogP contribution in [0.25, 0.3) is 0 Å². The minimum atomic E-state index is -3.57. The molecule has 0 unspecified atom stereocenters. The van der Waals surface area contributed by atoms with Gasteiger partial charge in [-0.05, 0) is 48.7 Å². The Bertz CT molecular complexity index is 932. The maximum Gasteiger partial charge on any atom is 0.251 e. The van der Waals surface area contributed by atoms with E-state index in [2.05, 4.69) is 5.32 Å². The van der Waals surface area contributed by atoms with Crippen LogP contribution in [0.5, 0.6) is 0 Å². The van der Waals surface area contributed by atoms with Crippen molar-refractivity contribution in [2.24, 2.45) is 0 Å². The van der Waals surface area contributed by atoms with Crippen LogP contribution in [0.15, 0.2) is 53.4 Å². The lowest BCUT2D eigenvalue weighted by Gasteiger charge is -2.20. The number of benzene rings is 2. The fourth-order valence-electron chi connectivity index (χ4n) is 3.43. The van der Waals surface area contributed by atoms with Gasteiger partial charge < -0.3 is 10.2 Å². The molecule has 1 aliphatic rings. The molecule has 7 heteroatoms. The third-order valence-corrected chi connectivity index (χ3v) is 7.10. The summed E-state index contributed by atoms with van der Waals surface area (Å²) >= 11 is 0. The Morgan fingerprint density at radius 1 is 1.00 bits per heavy atom. The van der Waals surface area contributed by atoms with Crippen LogP contribution in [0.2, 0.25) is 0 Å². The highest BCUT2D eigenvalue weighted by Crippen LogP contribution is 2.21. The molecule has 1 fully saturated rings. The molecule has 0 spiro atoms. The van der Waals surface area contributed by atoms with E-state index in [9.17, 15) is 13.2 Å². The highest BCUT2D eigenvalue weighted by molar-refractivity contribution is 7.89. The highest BCUT2D eigenvalue weighted by Gasteiger charge is 2.25. The number of amides is 1. The zero-order valence-corrected chi connectivity index (χ0v) is 17.9. The van der Waals surface area contributed by atoms with Gasteiger partial charge in [0.25, 0.3) is 5.91 Å². The topological polar surface area (TPSA) is 69.7 Å². The molecule has 2 aromatic rings. The largest absolute Gasteiger partial charge is 0.378 e. The molecule has 3 rings (SSSR count). The van der Waals surface area contributed by atoms with Gasteiger partial charge in [0.15, 0.2) is 0 Å². The number of sulfonamides is 1. The first kappa shape index (κ1) is 21.3. The van der Waals surface area contributed by atoms with Crippen molar-refractivity contribution in [1.82, 2.24) is 9.62 Å². The summed E-state index contributed by atoms with van der Waals surface area (Å²) in [5.74, 6) is -0.283. The Hall–Kier alpha value is -2.38. The fraction of sp³-hybridized carbons (Fsp3) is 0.409. The first-order valence-electron chi connectivity index (χ1n) is 10.0. The predicted molar refractivity (Wildman–Crippen MR) is 116 cm³/mol. The van der Waals surface area contributed by atoms with Crippen LogP contribution >= 0.6 is 0 Å². The number of nitrogens with one attached hydrogen (secondary N) is 1. The second-order valence-corrected chi connectivity index (χ2v) is 9.53. The molecule has 1 saturated heterocycles. The Balaban J connectivity index is 1.68. The molecular weight excluding hydrogens is 386 g/mol. The van der Waals surface area contributed by atoms with E-state index in [4.69, 9.17) is 0 Å². The third-order valence-electron chi connectivity index (χ3n) is 5.20. The Morgan fingerprint density at radius 3 is 2.28 bits per heavy atom. The van der Waals surface area contributed by atoms with Crippen LogP contribution in [0.1, 0.15) is 41.6 Å². The van der Waals surface area contributed by atoms with Gasteiger partial charge in [-0.15, -0.1) is 0 Å². The second-order valence-electron chi connectivity index (χ2n) is 7.59. The van der Waals surface area contributed by atoms with Crippen LogP contribution in [-0.2, 0) is 16.6 Å². The summed E-state index contributed by atoms with van der Waals surface area (Å²) in [6.45, 7) is 1.47. The molecule has 2 aromatic carbocycles. The molecule has 0 saturated carbocycles. The maximum absolute atomic E-state index is 13.0. The van der Waals surface area contributed by atoms with Crippen molar-refractivity contribution < 1.29 is 13.2 Å². The summed E-state index contributed by atoms with van der Waals surface area (Å²) < 4.78 is 27.5. The van der Waals surface area contributed by atoms with Crippen molar-refractivity contribution in [3.63, 3.8) is 0 Å². The van der Waals surface area contributed by atoms with E-state index in [1.807, 2.05) is 43.3 Å². The van der Waals surface area contributed by atoms with Gasteiger partial charge in [0.05, 0.1) is 4.90 Å². The van der Waals surface area contributed by atoms with E-state index in [-0.39, 0.29) is 10.8 Å². The SMILES string of the molecule is CN(C)c1ccc(CNC(=O)c2cccc(S(=O)(=O)N3CCCCCC3)c2)cc1. The van der Waals surface area contributed by atoms with Crippen molar-refractivity contribution in [2.45, 2.75) is 37.1 Å². The lowest BCUT2D eigenvalue weighted by molar-refractivity contribution is 0.0950. The van der Waals surface area contributed by atoms with Crippen LogP contribution in [-0.4, -0.2) is 45.8 Å². The third kappa shape index (κ3) is 5.36. The van der Waals surface area contributed by atoms with E-state index in [0.29, 0.717) is 25.2 Å². The van der Waals surface area contributed by atoms with E-state index >= 15 is 0 Å². The first-order valence-corrected chi connectivity index (χ1v) is 11.5. The van der Waals surface area contributed by atoms with Gasteiger partial charge in [0, 0.05) is 45.0 Å². The molecular formula is C22H29N3O3S. The number of anilines is 1. The van der Waals surface area contributed by atoms with Crippen LogP contribution in [0.3, 0.4) is 0 Å². The Kier molecular flexibility index (Phi) is 6.92. The molecule has 0 bridgehead atoms. The van der Waals surface area contributed by atoms with Gasteiger partial charge in [-0.25, -0.2) is 8.42 Å². The molecule has 0 atom stereocenters. The monoisotopic (exact) mass is 415 g/mol. The van der Waals surface area contributed by atoms with E-state index in [1.165, 1.54) is 6.07 Å². The minimum Gasteiger partial charge on any atom is -0.378 e. The average Bonchev–Trinajstić information content (AvgIpc) is 3.02. The Morgan fingerprint density at radius 2 is 1.66 bits per heavy atom. The summed E-state index contributed by atoms with van der Waals surface area (Å²) in [6, 6.07) is 14.2. The molecule has 1 heterocycles. The fourth-order valence-corrected chi connectivity index (χ4v) is 4.99. The number of nitrogens with zero attached hydrogens (tertiary/aromatic N) is 2. The maximum atomic E-state index is 13.0. The van der Waals surface area contributed by atoms with Crippen LogP contribution in [0, 0.1) is 0 Å². The smallest absolute Gasteiger partial charge is 0.251 e. The predicted octanol–water partition coefficient (Wildman–Crippen LogP) is 3.25. The van der Waals surface area contributed by atoms with Crippen molar-refractivity contribution >= 4 is 21.6 Å². The van der Waals surface area contributed by atoms with Crippen molar-refractivity contribution in [2.75, 3.05) is 32.1 Å². The summed E-state index contributed by atoms with van der Waals surface area (Å²) in [7, 11) is 0.379. The number of rotatable bonds is 6. The number of carbonyl (C=O) groups is 1. The molecule has 0 radical (unpaired) electrons. The number of carbonyl (C=O) groups excluding carboxylic acids is 1. The van der Waals surface area contributed by atoms with Gasteiger partial charge in [-0.2, -0.15) is 4.31 Å². The summed E-state index contributed by atoms with van der Waals surface area (Å²) in [6.07, 6.45) is 3.88. The summed E-state index contributed by atoms with van der Waals surface area (Å²) in [4.78, 5) is 14.8. The van der Waals surface area contributed by atoms with E-state index in [0.717, 1.165) is 36.9 Å². The van der Waals surface area contributed by atoms with E-state index in [1.54, 1.807) is 22.5 Å². The van der Waals surface area contributed by atoms with Gasteiger partial charge in [-0.3, -0.25) is 4.79 Å². The van der Waals surface area contributed by atoms with Crippen LogP contribution in [0.4, 0.5) is 5.69 Å². The van der Waals surface area contributed by atoms with Gasteiger partial charge in [0.2, 0.25) is 10.0 Å².